The van der Waals surface area contributed by atoms with Crippen LogP contribution < -0.4 is 9.47 Å². The highest BCUT2D eigenvalue weighted by Crippen LogP contribution is 2.30. The van der Waals surface area contributed by atoms with E-state index in [1.807, 2.05) is 12.1 Å². The molecule has 0 radical (unpaired) electrons. The van der Waals surface area contributed by atoms with Crippen LogP contribution in [0.25, 0.3) is 0 Å². The first-order valence-electron chi connectivity index (χ1n) is 7.48. The molecule has 0 amide bonds. The van der Waals surface area contributed by atoms with E-state index >= 15 is 0 Å². The summed E-state index contributed by atoms with van der Waals surface area (Å²) >= 11 is 15.2. The summed E-state index contributed by atoms with van der Waals surface area (Å²) in [7, 11) is 0. The number of hydrogen-bond acceptors (Lipinski definition) is 3. The molecule has 0 aliphatic carbocycles. The minimum Gasteiger partial charge on any atom is -0.480 e. The van der Waals surface area contributed by atoms with Crippen LogP contribution in [0.4, 0.5) is 0 Å². The van der Waals surface area contributed by atoms with Crippen LogP contribution in [0.15, 0.2) is 40.9 Å². The van der Waals surface area contributed by atoms with Gasteiger partial charge in [-0.3, -0.25) is 0 Å². The van der Waals surface area contributed by atoms with Crippen LogP contribution in [0.3, 0.4) is 0 Å². The number of halogens is 3. The molecule has 0 aliphatic rings. The van der Waals surface area contributed by atoms with E-state index in [1.165, 1.54) is 5.56 Å². The topological polar surface area (TPSA) is 35.5 Å². The molecule has 1 unspecified atom stereocenters. The molecule has 2 aromatic rings. The van der Waals surface area contributed by atoms with E-state index in [0.717, 1.165) is 10.9 Å². The number of esters is 1. The molecule has 0 saturated heterocycles. The van der Waals surface area contributed by atoms with Gasteiger partial charge in [-0.05, 0) is 64.2 Å². The Labute approximate surface area is 160 Å². The van der Waals surface area contributed by atoms with Gasteiger partial charge in [0, 0.05) is 5.02 Å². The standard InChI is InChI=1S/C18H17BrCl2O3/c1-3-11(2)12-4-6-16(14(19)8-12)24-18(22)10-23-17-7-5-13(20)9-15(17)21/h4-9,11H,3,10H2,1-2H3. The second-order valence-electron chi connectivity index (χ2n) is 5.34. The van der Waals surface area contributed by atoms with Gasteiger partial charge < -0.3 is 9.47 Å². The van der Waals surface area contributed by atoms with Crippen molar-refractivity contribution >= 4 is 45.1 Å². The monoisotopic (exact) mass is 430 g/mol. The third-order valence-corrected chi connectivity index (χ3v) is 4.75. The summed E-state index contributed by atoms with van der Waals surface area (Å²) < 4.78 is 11.4. The predicted molar refractivity (Wildman–Crippen MR) is 100 cm³/mol. The van der Waals surface area contributed by atoms with Crippen LogP contribution in [0, 0.1) is 0 Å². The molecule has 0 fully saturated rings. The van der Waals surface area contributed by atoms with Gasteiger partial charge in [0.25, 0.3) is 0 Å². The summed E-state index contributed by atoms with van der Waals surface area (Å²) in [4.78, 5) is 12.0. The molecule has 2 rings (SSSR count). The summed E-state index contributed by atoms with van der Waals surface area (Å²) in [5.74, 6) is 0.765. The molecule has 0 aromatic heterocycles. The van der Waals surface area contributed by atoms with Crippen LogP contribution in [-0.4, -0.2) is 12.6 Å². The second-order valence-corrected chi connectivity index (χ2v) is 7.03. The third-order valence-electron chi connectivity index (χ3n) is 3.60. The van der Waals surface area contributed by atoms with Crippen LogP contribution in [0.1, 0.15) is 31.7 Å². The van der Waals surface area contributed by atoms with Gasteiger partial charge in [0.1, 0.15) is 11.5 Å². The number of carbonyl (C=O) groups excluding carboxylic acids is 1. The van der Waals surface area contributed by atoms with Gasteiger partial charge in [0.15, 0.2) is 6.61 Å². The van der Waals surface area contributed by atoms with Crippen LogP contribution in [0.2, 0.25) is 10.0 Å². The van der Waals surface area contributed by atoms with E-state index in [0.29, 0.717) is 27.5 Å². The van der Waals surface area contributed by atoms with Crippen molar-refractivity contribution in [1.29, 1.82) is 0 Å². The fourth-order valence-corrected chi connectivity index (χ4v) is 2.96. The molecule has 2 aromatic carbocycles. The van der Waals surface area contributed by atoms with E-state index in [2.05, 4.69) is 29.8 Å². The van der Waals surface area contributed by atoms with Gasteiger partial charge in [-0.1, -0.05) is 43.1 Å². The zero-order chi connectivity index (χ0) is 17.7. The molecule has 128 valence electrons. The fraction of sp³-hybridized carbons (Fsp3) is 0.278. The molecule has 0 aliphatic heterocycles. The van der Waals surface area contributed by atoms with E-state index < -0.39 is 5.97 Å². The number of benzene rings is 2. The summed E-state index contributed by atoms with van der Waals surface area (Å²) in [5.41, 5.74) is 1.19. The molecule has 0 spiro atoms. The molecule has 0 saturated carbocycles. The van der Waals surface area contributed by atoms with Gasteiger partial charge in [-0.15, -0.1) is 0 Å². The average molecular weight is 432 g/mol. The maximum Gasteiger partial charge on any atom is 0.349 e. The molecule has 3 nitrogen and oxygen atoms in total. The summed E-state index contributed by atoms with van der Waals surface area (Å²) in [6.07, 6.45) is 1.04. The third kappa shape index (κ3) is 5.13. The maximum atomic E-state index is 12.0. The Morgan fingerprint density at radius 1 is 1.17 bits per heavy atom. The lowest BCUT2D eigenvalue weighted by Crippen LogP contribution is -2.18. The first-order valence-corrected chi connectivity index (χ1v) is 9.03. The largest absolute Gasteiger partial charge is 0.480 e. The minimum atomic E-state index is -0.516. The molecular formula is C18H17BrCl2O3. The van der Waals surface area contributed by atoms with Crippen molar-refractivity contribution in [3.63, 3.8) is 0 Å². The predicted octanol–water partition coefficient (Wildman–Crippen LogP) is 6.25. The highest BCUT2D eigenvalue weighted by Gasteiger charge is 2.12. The van der Waals surface area contributed by atoms with E-state index in [9.17, 15) is 4.79 Å². The minimum absolute atomic E-state index is 0.249. The molecular weight excluding hydrogens is 415 g/mol. The number of carbonyl (C=O) groups is 1. The Kier molecular flexibility index (Phi) is 6.96. The van der Waals surface area contributed by atoms with Gasteiger partial charge in [-0.2, -0.15) is 0 Å². The van der Waals surface area contributed by atoms with Crippen molar-refractivity contribution in [2.45, 2.75) is 26.2 Å². The summed E-state index contributed by atoms with van der Waals surface area (Å²) in [6.45, 7) is 4.03. The van der Waals surface area contributed by atoms with Crippen molar-refractivity contribution in [1.82, 2.24) is 0 Å². The van der Waals surface area contributed by atoms with Gasteiger partial charge in [0.2, 0.25) is 0 Å². The Morgan fingerprint density at radius 3 is 2.50 bits per heavy atom. The smallest absolute Gasteiger partial charge is 0.349 e. The first kappa shape index (κ1) is 19.1. The van der Waals surface area contributed by atoms with E-state index in [-0.39, 0.29) is 6.61 Å². The Morgan fingerprint density at radius 2 is 1.88 bits per heavy atom. The molecule has 6 heteroatoms. The van der Waals surface area contributed by atoms with Crippen LogP contribution in [0.5, 0.6) is 11.5 Å². The molecule has 0 heterocycles. The quantitative estimate of drug-likeness (QED) is 0.400. The molecule has 24 heavy (non-hydrogen) atoms. The molecule has 0 bridgehead atoms. The van der Waals surface area contributed by atoms with Gasteiger partial charge in [-0.25, -0.2) is 4.79 Å². The van der Waals surface area contributed by atoms with Gasteiger partial charge in [0.05, 0.1) is 9.50 Å². The zero-order valence-electron chi connectivity index (χ0n) is 13.3. The van der Waals surface area contributed by atoms with Crippen molar-refractivity contribution < 1.29 is 14.3 Å². The lowest BCUT2D eigenvalue weighted by Gasteiger charge is -2.12. The SMILES string of the molecule is CCC(C)c1ccc(OC(=O)COc2ccc(Cl)cc2Cl)c(Br)c1. The Balaban J connectivity index is 1.97. The van der Waals surface area contributed by atoms with Crippen molar-refractivity contribution in [3.05, 3.63) is 56.5 Å². The van der Waals surface area contributed by atoms with Crippen LogP contribution >= 0.6 is 39.1 Å². The zero-order valence-corrected chi connectivity index (χ0v) is 16.4. The lowest BCUT2D eigenvalue weighted by atomic mass is 9.99. The highest BCUT2D eigenvalue weighted by molar-refractivity contribution is 9.10. The normalized spacial score (nSPS) is 11.9. The molecule has 1 atom stereocenters. The second kappa shape index (κ2) is 8.75. The highest BCUT2D eigenvalue weighted by atomic mass is 79.9. The number of hydrogen-bond donors (Lipinski definition) is 0. The van der Waals surface area contributed by atoms with Crippen molar-refractivity contribution in [3.8, 4) is 11.5 Å². The number of ether oxygens (including phenoxy) is 2. The lowest BCUT2D eigenvalue weighted by molar-refractivity contribution is -0.136. The average Bonchev–Trinajstić information content (AvgIpc) is 2.55. The Hall–Kier alpha value is -1.23. The van der Waals surface area contributed by atoms with Gasteiger partial charge >= 0.3 is 5.97 Å². The summed E-state index contributed by atoms with van der Waals surface area (Å²) in [5, 5.41) is 0.842. The fourth-order valence-electron chi connectivity index (χ4n) is 2.02. The Bertz CT molecular complexity index is 734. The van der Waals surface area contributed by atoms with Crippen molar-refractivity contribution in [2.75, 3.05) is 6.61 Å². The summed E-state index contributed by atoms with van der Waals surface area (Å²) in [6, 6.07) is 10.5. The van der Waals surface area contributed by atoms with E-state index in [1.54, 1.807) is 24.3 Å². The number of rotatable bonds is 6. The van der Waals surface area contributed by atoms with E-state index in [4.69, 9.17) is 32.7 Å². The maximum absolute atomic E-state index is 12.0. The molecule has 0 N–H and O–H groups in total. The first-order chi connectivity index (χ1) is 11.4. The van der Waals surface area contributed by atoms with Crippen LogP contribution in [-0.2, 0) is 4.79 Å². The van der Waals surface area contributed by atoms with Crippen molar-refractivity contribution in [2.24, 2.45) is 0 Å².